The molecule has 0 aromatic rings. The molecule has 1 amide bonds. The van der Waals surface area contributed by atoms with E-state index in [-0.39, 0.29) is 19.1 Å². The minimum absolute atomic E-state index is 0.102. The van der Waals surface area contributed by atoms with Crippen LogP contribution >= 0.6 is 0 Å². The van der Waals surface area contributed by atoms with E-state index < -0.39 is 0 Å². The summed E-state index contributed by atoms with van der Waals surface area (Å²) in [4.78, 5) is 20.2. The van der Waals surface area contributed by atoms with Gasteiger partial charge >= 0.3 is 0 Å². The Morgan fingerprint density at radius 1 is 1.80 bits per heavy atom. The van der Waals surface area contributed by atoms with Crippen molar-refractivity contribution in [2.45, 2.75) is 6.92 Å². The van der Waals surface area contributed by atoms with Gasteiger partial charge in [0.05, 0.1) is 0 Å². The zero-order valence-corrected chi connectivity index (χ0v) is 5.72. The first-order chi connectivity index (χ1) is 4.68. The van der Waals surface area contributed by atoms with Crippen LogP contribution < -0.4 is 5.32 Å². The van der Waals surface area contributed by atoms with Crippen LogP contribution in [0.2, 0.25) is 0 Å². The van der Waals surface area contributed by atoms with Crippen molar-refractivity contribution in [3.8, 4) is 0 Å². The van der Waals surface area contributed by atoms with Gasteiger partial charge in [0.2, 0.25) is 5.91 Å². The lowest BCUT2D eigenvalue weighted by Gasteiger charge is -2.00. The van der Waals surface area contributed by atoms with Crippen LogP contribution in [0.1, 0.15) is 6.92 Å². The van der Waals surface area contributed by atoms with Crippen molar-refractivity contribution in [1.29, 1.82) is 0 Å². The molecule has 0 fully saturated rings. The van der Waals surface area contributed by atoms with Gasteiger partial charge in [-0.05, 0) is 6.92 Å². The number of hydrogen-bond acceptors (Lipinski definition) is 3. The number of ether oxygens (including phenoxy) is 1. The van der Waals surface area contributed by atoms with Gasteiger partial charge < -0.3 is 10.1 Å². The maximum atomic E-state index is 10.6. The summed E-state index contributed by atoms with van der Waals surface area (Å²) in [5, 5.41) is 2.29. The molecule has 0 aliphatic rings. The van der Waals surface area contributed by atoms with Crippen molar-refractivity contribution in [2.24, 2.45) is 0 Å². The van der Waals surface area contributed by atoms with Gasteiger partial charge in [-0.1, -0.05) is 6.58 Å². The molecular formula is C6H9NO3. The Hall–Kier alpha value is -1.32. The van der Waals surface area contributed by atoms with Crippen LogP contribution in [-0.2, 0) is 14.3 Å². The first kappa shape index (κ1) is 8.68. The van der Waals surface area contributed by atoms with Crippen LogP contribution in [0.4, 0.5) is 0 Å². The fraction of sp³-hybridized carbons (Fsp3) is 0.333. The molecule has 1 N–H and O–H groups in total. The van der Waals surface area contributed by atoms with Crippen LogP contribution in [-0.4, -0.2) is 19.1 Å². The first-order valence-corrected chi connectivity index (χ1v) is 2.67. The van der Waals surface area contributed by atoms with Gasteiger partial charge in [-0.2, -0.15) is 0 Å². The van der Waals surface area contributed by atoms with E-state index >= 15 is 0 Å². The third kappa shape index (κ3) is 3.65. The second-order valence-electron chi connectivity index (χ2n) is 1.69. The maximum absolute atomic E-state index is 10.6. The van der Waals surface area contributed by atoms with E-state index in [1.807, 2.05) is 0 Å². The highest BCUT2D eigenvalue weighted by molar-refractivity contribution is 5.91. The lowest BCUT2D eigenvalue weighted by Crippen LogP contribution is -2.25. The van der Waals surface area contributed by atoms with E-state index in [9.17, 15) is 9.59 Å². The molecule has 0 spiro atoms. The molecule has 0 aliphatic carbocycles. The van der Waals surface area contributed by atoms with Gasteiger partial charge in [0.15, 0.2) is 6.73 Å². The summed E-state index contributed by atoms with van der Waals surface area (Å²) in [7, 11) is 0. The molecule has 0 radical (unpaired) electrons. The maximum Gasteiger partial charge on any atom is 0.294 e. The predicted octanol–water partition coefficient (Wildman–Crippen LogP) is -0.191. The second kappa shape index (κ2) is 4.55. The average molecular weight is 143 g/mol. The number of rotatable bonds is 4. The van der Waals surface area contributed by atoms with E-state index in [4.69, 9.17) is 0 Å². The largest absolute Gasteiger partial charge is 0.447 e. The summed E-state index contributed by atoms with van der Waals surface area (Å²) in [5.41, 5.74) is 0.384. The molecule has 0 atom stereocenters. The van der Waals surface area contributed by atoms with Gasteiger partial charge in [-0.15, -0.1) is 0 Å². The van der Waals surface area contributed by atoms with Gasteiger partial charge in [0.25, 0.3) is 6.47 Å². The monoisotopic (exact) mass is 143 g/mol. The molecule has 0 aromatic carbocycles. The average Bonchev–Trinajstić information content (AvgIpc) is 1.88. The topological polar surface area (TPSA) is 55.4 Å². The SMILES string of the molecule is C=C(C)C(=O)NCOC=O. The van der Waals surface area contributed by atoms with Crippen molar-refractivity contribution < 1.29 is 14.3 Å². The molecular weight excluding hydrogens is 134 g/mol. The molecule has 4 nitrogen and oxygen atoms in total. The molecule has 0 saturated heterocycles. The predicted molar refractivity (Wildman–Crippen MR) is 35.0 cm³/mol. The summed E-state index contributed by atoms with van der Waals surface area (Å²) >= 11 is 0. The van der Waals surface area contributed by atoms with Crippen molar-refractivity contribution >= 4 is 12.4 Å². The van der Waals surface area contributed by atoms with Crippen LogP contribution in [0, 0.1) is 0 Å². The minimum atomic E-state index is -0.318. The first-order valence-electron chi connectivity index (χ1n) is 2.67. The second-order valence-corrected chi connectivity index (χ2v) is 1.69. The molecule has 0 aromatic heterocycles. The number of hydrogen-bond donors (Lipinski definition) is 1. The standard InChI is InChI=1S/C6H9NO3/c1-5(2)6(9)7-3-10-4-8/h4H,1,3H2,2H3,(H,7,9). The number of nitrogens with one attached hydrogen (secondary N) is 1. The number of carbonyl (C=O) groups is 2. The van der Waals surface area contributed by atoms with Crippen molar-refractivity contribution in [3.63, 3.8) is 0 Å². The molecule has 0 rings (SSSR count). The van der Waals surface area contributed by atoms with Gasteiger partial charge in [0, 0.05) is 5.57 Å². The Morgan fingerprint density at radius 3 is 2.80 bits per heavy atom. The van der Waals surface area contributed by atoms with Crippen molar-refractivity contribution in [2.75, 3.05) is 6.73 Å². The van der Waals surface area contributed by atoms with E-state index in [1.165, 1.54) is 0 Å². The lowest BCUT2D eigenvalue weighted by molar-refractivity contribution is -0.131. The minimum Gasteiger partial charge on any atom is -0.447 e. The summed E-state index contributed by atoms with van der Waals surface area (Å²) in [6, 6.07) is 0. The van der Waals surface area contributed by atoms with Crippen LogP contribution in [0.15, 0.2) is 12.2 Å². The molecule has 4 heteroatoms. The van der Waals surface area contributed by atoms with E-state index in [0.29, 0.717) is 5.57 Å². The molecule has 0 saturated carbocycles. The lowest BCUT2D eigenvalue weighted by atomic mass is 10.3. The molecule has 56 valence electrons. The van der Waals surface area contributed by atoms with Crippen molar-refractivity contribution in [3.05, 3.63) is 12.2 Å². The highest BCUT2D eigenvalue weighted by Gasteiger charge is 1.97. The Kier molecular flexibility index (Phi) is 3.95. The van der Waals surface area contributed by atoms with Gasteiger partial charge in [-0.25, -0.2) is 0 Å². The summed E-state index contributed by atoms with van der Waals surface area (Å²) in [6.45, 7) is 5.10. The fourth-order valence-electron chi connectivity index (χ4n) is 0.292. The third-order valence-electron chi connectivity index (χ3n) is 0.772. The zero-order chi connectivity index (χ0) is 7.98. The summed E-state index contributed by atoms with van der Waals surface area (Å²) in [6.07, 6.45) is 0. The quantitative estimate of drug-likeness (QED) is 0.257. The normalized spacial score (nSPS) is 8.10. The molecule has 0 heterocycles. The van der Waals surface area contributed by atoms with E-state index in [0.717, 1.165) is 0 Å². The van der Waals surface area contributed by atoms with Crippen LogP contribution in [0.5, 0.6) is 0 Å². The number of amides is 1. The van der Waals surface area contributed by atoms with Crippen molar-refractivity contribution in [1.82, 2.24) is 5.32 Å². The van der Waals surface area contributed by atoms with E-state index in [2.05, 4.69) is 16.6 Å². The highest BCUT2D eigenvalue weighted by Crippen LogP contribution is 1.83. The molecule has 0 bridgehead atoms. The van der Waals surface area contributed by atoms with Crippen LogP contribution in [0.3, 0.4) is 0 Å². The number of carbonyl (C=O) groups excluding carboxylic acids is 2. The molecule has 0 aliphatic heterocycles. The van der Waals surface area contributed by atoms with Gasteiger partial charge in [-0.3, -0.25) is 9.59 Å². The zero-order valence-electron chi connectivity index (χ0n) is 5.72. The molecule has 0 unspecified atom stereocenters. The fourth-order valence-corrected chi connectivity index (χ4v) is 0.292. The Bertz CT molecular complexity index is 153. The molecule has 10 heavy (non-hydrogen) atoms. The summed E-state index contributed by atoms with van der Waals surface area (Å²) in [5.74, 6) is -0.318. The highest BCUT2D eigenvalue weighted by atomic mass is 16.5. The van der Waals surface area contributed by atoms with E-state index in [1.54, 1.807) is 6.92 Å². The Balaban J connectivity index is 3.40. The van der Waals surface area contributed by atoms with Crippen LogP contribution in [0.25, 0.3) is 0 Å². The Morgan fingerprint density at radius 2 is 2.40 bits per heavy atom. The van der Waals surface area contributed by atoms with Gasteiger partial charge in [0.1, 0.15) is 0 Å². The Labute approximate surface area is 58.9 Å². The smallest absolute Gasteiger partial charge is 0.294 e. The summed E-state index contributed by atoms with van der Waals surface area (Å²) < 4.78 is 4.20. The third-order valence-corrected chi connectivity index (χ3v) is 0.772.